The van der Waals surface area contributed by atoms with Gasteiger partial charge in [-0.25, -0.2) is 13.1 Å². The smallest absolute Gasteiger partial charge is 0.137 e. The minimum Gasteiger partial charge on any atom is -0.305 e. The van der Waals surface area contributed by atoms with E-state index in [4.69, 9.17) is 17.4 Å². The van der Waals surface area contributed by atoms with E-state index >= 15 is 0 Å². The van der Waals surface area contributed by atoms with Crippen molar-refractivity contribution in [1.29, 1.82) is 0 Å². The second-order valence-corrected chi connectivity index (χ2v) is 12.4. The molecule has 2 N–H and O–H groups in total. The van der Waals surface area contributed by atoms with Crippen molar-refractivity contribution in [2.75, 3.05) is 20.4 Å². The molecule has 0 bridgehead atoms. The van der Waals surface area contributed by atoms with E-state index in [-0.39, 0.29) is 17.6 Å². The van der Waals surface area contributed by atoms with Crippen LogP contribution in [0, 0.1) is 11.6 Å². The van der Waals surface area contributed by atoms with E-state index in [9.17, 15) is 8.78 Å². The van der Waals surface area contributed by atoms with E-state index in [1.807, 2.05) is 25.1 Å². The summed E-state index contributed by atoms with van der Waals surface area (Å²) < 4.78 is 33.7. The Morgan fingerprint density at radius 1 is 1.23 bits per heavy atom. The zero-order valence-corrected chi connectivity index (χ0v) is 20.7. The number of hydrogen-bond acceptors (Lipinski definition) is 2. The third-order valence-corrected chi connectivity index (χ3v) is 7.93. The Labute approximate surface area is 191 Å². The summed E-state index contributed by atoms with van der Waals surface area (Å²) in [4.78, 5) is 2.85. The number of nitrogens with zero attached hydrogens (tertiary/aromatic N) is 2. The first kappa shape index (κ1) is 24.1. The molecule has 0 unspecified atom stereocenters. The summed E-state index contributed by atoms with van der Waals surface area (Å²) >= 11 is 5.61. The van der Waals surface area contributed by atoms with Crippen molar-refractivity contribution in [3.8, 4) is 0 Å². The predicted molar refractivity (Wildman–Crippen MR) is 132 cm³/mol. The maximum Gasteiger partial charge on any atom is 0.137 e. The van der Waals surface area contributed by atoms with Gasteiger partial charge in [0.05, 0.1) is 0 Å². The van der Waals surface area contributed by atoms with Crippen LogP contribution in [0.1, 0.15) is 60.8 Å². The Kier molecular flexibility index (Phi) is 7.41. The lowest BCUT2D eigenvalue weighted by Gasteiger charge is -2.23. The van der Waals surface area contributed by atoms with E-state index < -0.39 is 10.0 Å². The molecule has 0 radical (unpaired) electrons. The molecular formula is C24H33F2N3S2. The average Bonchev–Trinajstić information content (AvgIpc) is 3.46. The number of halogens is 2. The minimum atomic E-state index is -2.63. The molecule has 170 valence electrons. The van der Waals surface area contributed by atoms with Crippen LogP contribution in [-0.4, -0.2) is 30.2 Å². The van der Waals surface area contributed by atoms with Gasteiger partial charge >= 0.3 is 0 Å². The fraction of sp³-hybridized carbons (Fsp3) is 0.458. The average molecular weight is 466 g/mol. The highest BCUT2D eigenvalue weighted by molar-refractivity contribution is 8.03. The molecule has 0 saturated heterocycles. The summed E-state index contributed by atoms with van der Waals surface area (Å²) in [5.74, 6) is 0.0271. The Morgan fingerprint density at radius 2 is 1.90 bits per heavy atom. The van der Waals surface area contributed by atoms with Crippen molar-refractivity contribution in [2.24, 2.45) is 9.50 Å². The summed E-state index contributed by atoms with van der Waals surface area (Å²) in [5.41, 5.74) is 3.96. The number of thiol groups is 1. The molecule has 7 heteroatoms. The molecule has 2 aromatic carbocycles. The van der Waals surface area contributed by atoms with Crippen LogP contribution in [0.4, 0.5) is 8.78 Å². The van der Waals surface area contributed by atoms with E-state index in [0.29, 0.717) is 28.8 Å². The predicted octanol–water partition coefficient (Wildman–Crippen LogP) is 5.53. The van der Waals surface area contributed by atoms with Crippen LogP contribution < -0.4 is 5.14 Å². The molecular weight excluding hydrogens is 432 g/mol. The van der Waals surface area contributed by atoms with Crippen LogP contribution in [0.25, 0.3) is 0 Å². The lowest BCUT2D eigenvalue weighted by Crippen LogP contribution is -2.24. The van der Waals surface area contributed by atoms with Gasteiger partial charge in [0.1, 0.15) is 16.6 Å². The van der Waals surface area contributed by atoms with Gasteiger partial charge in [0.15, 0.2) is 0 Å². The fourth-order valence-corrected chi connectivity index (χ4v) is 6.18. The molecule has 2 aromatic rings. The third-order valence-electron chi connectivity index (χ3n) is 5.57. The van der Waals surface area contributed by atoms with Crippen LogP contribution in [0.15, 0.2) is 39.6 Å². The summed E-state index contributed by atoms with van der Waals surface area (Å²) in [6.45, 7) is 4.76. The maximum atomic E-state index is 14.9. The molecule has 0 aliphatic heterocycles. The van der Waals surface area contributed by atoms with Gasteiger partial charge in [-0.05, 0) is 91.5 Å². The molecule has 0 aromatic heterocycles. The Bertz CT molecular complexity index is 1010. The number of thiocarbonyl (C=S) groups is 1. The molecule has 0 amide bonds. The first-order valence-corrected chi connectivity index (χ1v) is 13.3. The highest BCUT2D eigenvalue weighted by atomic mass is 32.2. The van der Waals surface area contributed by atoms with Crippen molar-refractivity contribution in [3.05, 3.63) is 64.2 Å². The minimum absolute atomic E-state index is 0.173. The van der Waals surface area contributed by atoms with E-state index in [0.717, 1.165) is 35.1 Å². The molecule has 1 aliphatic rings. The Balaban J connectivity index is 1.92. The number of nitrogens with two attached hydrogens (primary N) is 1. The van der Waals surface area contributed by atoms with Crippen molar-refractivity contribution < 1.29 is 8.78 Å². The number of rotatable bonds is 7. The zero-order valence-electron chi connectivity index (χ0n) is 19.0. The van der Waals surface area contributed by atoms with Gasteiger partial charge in [0, 0.05) is 17.9 Å². The molecule has 1 saturated carbocycles. The molecule has 0 heterocycles. The number of hydrogen-bond donors (Lipinski definition) is 2. The van der Waals surface area contributed by atoms with Crippen molar-refractivity contribution >= 4 is 27.2 Å². The van der Waals surface area contributed by atoms with Crippen LogP contribution in [0.3, 0.4) is 0 Å². The van der Waals surface area contributed by atoms with Crippen molar-refractivity contribution in [3.63, 3.8) is 0 Å². The summed E-state index contributed by atoms with van der Waals surface area (Å²) in [5, 5.41) is 6.52. The summed E-state index contributed by atoms with van der Waals surface area (Å²) in [7, 11) is 1.25. The van der Waals surface area contributed by atoms with E-state index in [1.165, 1.54) is 6.07 Å². The molecule has 0 spiro atoms. The van der Waals surface area contributed by atoms with E-state index in [1.54, 1.807) is 24.5 Å². The second kappa shape index (κ2) is 9.53. The maximum absolute atomic E-state index is 14.9. The molecule has 3 nitrogen and oxygen atoms in total. The standard InChI is InChI=1S/C24H33F2N3S2/c1-15(2)19-11-18(25)12-20(17-7-8-17)21(19)13-24(30)28-31(5,27)23-9-6-16(10-22(23)26)14-29(3)4/h6,9-12,15,17,31H,7-8,13-14H2,1-5H3,(H2,27,28,30). The first-order valence-electron chi connectivity index (χ1n) is 10.6. The van der Waals surface area contributed by atoms with Crippen molar-refractivity contribution in [1.82, 2.24) is 4.90 Å². The molecule has 1 aliphatic carbocycles. The van der Waals surface area contributed by atoms with Crippen LogP contribution >= 0.6 is 12.2 Å². The highest BCUT2D eigenvalue weighted by Crippen LogP contribution is 2.44. The summed E-state index contributed by atoms with van der Waals surface area (Å²) in [6, 6.07) is 8.40. The lowest BCUT2D eigenvalue weighted by atomic mass is 9.89. The normalized spacial score (nSPS) is 14.9. The fourth-order valence-electron chi connectivity index (χ4n) is 4.01. The highest BCUT2D eigenvalue weighted by Gasteiger charge is 2.29. The second-order valence-electron chi connectivity index (χ2n) is 9.21. The van der Waals surface area contributed by atoms with E-state index in [2.05, 4.69) is 18.2 Å². The van der Waals surface area contributed by atoms with Crippen LogP contribution in [0.5, 0.6) is 0 Å². The van der Waals surface area contributed by atoms with Gasteiger partial charge in [-0.15, -0.1) is 10.0 Å². The lowest BCUT2D eigenvalue weighted by molar-refractivity contribution is 0.401. The van der Waals surface area contributed by atoms with Crippen molar-refractivity contribution in [2.45, 2.75) is 56.4 Å². The van der Waals surface area contributed by atoms with Crippen LogP contribution in [0.2, 0.25) is 0 Å². The van der Waals surface area contributed by atoms with Gasteiger partial charge in [-0.2, -0.15) is 0 Å². The monoisotopic (exact) mass is 465 g/mol. The largest absolute Gasteiger partial charge is 0.305 e. The molecule has 1 fully saturated rings. The van der Waals surface area contributed by atoms with Gasteiger partial charge < -0.3 is 4.90 Å². The molecule has 31 heavy (non-hydrogen) atoms. The van der Waals surface area contributed by atoms with Gasteiger partial charge in [0.2, 0.25) is 0 Å². The third kappa shape index (κ3) is 6.04. The summed E-state index contributed by atoms with van der Waals surface area (Å²) in [6.07, 6.45) is 4.36. The number of benzene rings is 2. The van der Waals surface area contributed by atoms with Gasteiger partial charge in [-0.3, -0.25) is 5.14 Å². The molecule has 3 rings (SSSR count). The SMILES string of the molecule is CC(C)c1cc(F)cc(C2CC2)c1CC(=S)N=[SH](C)(N)c1ccc(CN(C)C)cc1F. The topological polar surface area (TPSA) is 41.6 Å². The first-order chi connectivity index (χ1) is 14.5. The van der Waals surface area contributed by atoms with Crippen LogP contribution in [-0.2, 0) is 23.0 Å². The Hall–Kier alpha value is -1.54. The molecule has 0 atom stereocenters. The zero-order chi connectivity index (χ0) is 22.9. The quantitative estimate of drug-likeness (QED) is 0.417. The van der Waals surface area contributed by atoms with Gasteiger partial charge in [-0.1, -0.05) is 32.1 Å². The van der Waals surface area contributed by atoms with Gasteiger partial charge in [0.25, 0.3) is 0 Å². The Morgan fingerprint density at radius 3 is 2.45 bits per heavy atom.